The van der Waals surface area contributed by atoms with Gasteiger partial charge in [0.2, 0.25) is 5.91 Å². The Morgan fingerprint density at radius 1 is 1.22 bits per heavy atom. The van der Waals surface area contributed by atoms with Crippen molar-refractivity contribution in [1.29, 1.82) is 0 Å². The van der Waals surface area contributed by atoms with Gasteiger partial charge in [0.25, 0.3) is 0 Å². The van der Waals surface area contributed by atoms with E-state index >= 15 is 0 Å². The fourth-order valence-electron chi connectivity index (χ4n) is 3.09. The van der Waals surface area contributed by atoms with Crippen molar-refractivity contribution in [3.8, 4) is 0 Å². The summed E-state index contributed by atoms with van der Waals surface area (Å²) in [6.45, 7) is 8.09. The van der Waals surface area contributed by atoms with E-state index in [-0.39, 0.29) is 0 Å². The molecule has 1 amide bonds. The molecule has 2 rings (SSSR count). The highest BCUT2D eigenvalue weighted by Crippen LogP contribution is 2.18. The van der Waals surface area contributed by atoms with Crippen LogP contribution in [0.3, 0.4) is 0 Å². The standard InChI is InChI=1S/C14H27N3O/c1-12-3-8-17(10-12)14(18)11-16-6-4-13(5-7-16)9-15-2/h12-13,15H,3-11H2,1-2H3. The van der Waals surface area contributed by atoms with E-state index in [0.29, 0.717) is 18.4 Å². The van der Waals surface area contributed by atoms with Gasteiger partial charge in [-0.2, -0.15) is 0 Å². The number of nitrogens with one attached hydrogen (secondary N) is 1. The Hall–Kier alpha value is -0.610. The van der Waals surface area contributed by atoms with E-state index in [2.05, 4.69) is 17.1 Å². The fourth-order valence-corrected chi connectivity index (χ4v) is 3.09. The maximum atomic E-state index is 12.1. The molecule has 1 N–H and O–H groups in total. The third-order valence-corrected chi connectivity index (χ3v) is 4.34. The second kappa shape index (κ2) is 6.53. The second-order valence-corrected chi connectivity index (χ2v) is 6.01. The first kappa shape index (κ1) is 13.8. The van der Waals surface area contributed by atoms with Gasteiger partial charge in [0, 0.05) is 13.1 Å². The number of nitrogens with zero attached hydrogens (tertiary/aromatic N) is 2. The second-order valence-electron chi connectivity index (χ2n) is 6.01. The molecule has 2 fully saturated rings. The van der Waals surface area contributed by atoms with Crippen LogP contribution >= 0.6 is 0 Å². The molecule has 1 unspecified atom stereocenters. The van der Waals surface area contributed by atoms with Crippen LogP contribution in [0.4, 0.5) is 0 Å². The molecule has 18 heavy (non-hydrogen) atoms. The van der Waals surface area contributed by atoms with Gasteiger partial charge in [-0.3, -0.25) is 9.69 Å². The highest BCUT2D eigenvalue weighted by Gasteiger charge is 2.26. The number of rotatable bonds is 4. The molecule has 0 aromatic heterocycles. The molecule has 0 bridgehead atoms. The van der Waals surface area contributed by atoms with Crippen LogP contribution in [0, 0.1) is 11.8 Å². The summed E-state index contributed by atoms with van der Waals surface area (Å²) in [6.07, 6.45) is 3.63. The number of hydrogen-bond acceptors (Lipinski definition) is 3. The van der Waals surface area contributed by atoms with Gasteiger partial charge in [-0.1, -0.05) is 6.92 Å². The molecule has 4 nitrogen and oxygen atoms in total. The van der Waals surface area contributed by atoms with E-state index in [1.54, 1.807) is 0 Å². The van der Waals surface area contributed by atoms with E-state index in [4.69, 9.17) is 0 Å². The molecule has 2 heterocycles. The summed E-state index contributed by atoms with van der Waals surface area (Å²) in [4.78, 5) is 16.5. The summed E-state index contributed by atoms with van der Waals surface area (Å²) in [7, 11) is 2.02. The molecule has 0 radical (unpaired) electrons. The molecule has 0 saturated carbocycles. The number of amides is 1. The summed E-state index contributed by atoms with van der Waals surface area (Å²) in [6, 6.07) is 0. The topological polar surface area (TPSA) is 35.6 Å². The first-order valence-corrected chi connectivity index (χ1v) is 7.33. The van der Waals surface area contributed by atoms with Crippen molar-refractivity contribution in [2.24, 2.45) is 11.8 Å². The maximum absolute atomic E-state index is 12.1. The maximum Gasteiger partial charge on any atom is 0.236 e. The predicted octanol–water partition coefficient (Wildman–Crippen LogP) is 0.786. The lowest BCUT2D eigenvalue weighted by Gasteiger charge is -2.32. The molecular weight excluding hydrogens is 226 g/mol. The minimum absolute atomic E-state index is 0.339. The van der Waals surface area contributed by atoms with Crippen LogP contribution in [0.2, 0.25) is 0 Å². The van der Waals surface area contributed by atoms with Gasteiger partial charge in [-0.25, -0.2) is 0 Å². The zero-order valence-electron chi connectivity index (χ0n) is 11.8. The van der Waals surface area contributed by atoms with Gasteiger partial charge in [-0.05, 0) is 57.8 Å². The average molecular weight is 253 g/mol. The molecule has 104 valence electrons. The summed E-state index contributed by atoms with van der Waals surface area (Å²) >= 11 is 0. The molecule has 2 aliphatic rings. The molecule has 0 spiro atoms. The number of carbonyl (C=O) groups excluding carboxylic acids is 1. The third-order valence-electron chi connectivity index (χ3n) is 4.34. The molecule has 1 atom stereocenters. The molecule has 0 aliphatic carbocycles. The molecule has 4 heteroatoms. The molecule has 0 aromatic carbocycles. The summed E-state index contributed by atoms with van der Waals surface area (Å²) in [5, 5.41) is 3.25. The Kier molecular flexibility index (Phi) is 5.01. The number of likely N-dealkylation sites (tertiary alicyclic amines) is 2. The average Bonchev–Trinajstić information content (AvgIpc) is 2.79. The van der Waals surface area contributed by atoms with Gasteiger partial charge in [-0.15, -0.1) is 0 Å². The Balaban J connectivity index is 1.69. The minimum atomic E-state index is 0.339. The van der Waals surface area contributed by atoms with Crippen molar-refractivity contribution in [3.05, 3.63) is 0 Å². The molecule has 2 saturated heterocycles. The van der Waals surface area contributed by atoms with Crippen LogP contribution < -0.4 is 5.32 Å². The number of hydrogen-bond donors (Lipinski definition) is 1. The molecule has 2 aliphatic heterocycles. The van der Waals surface area contributed by atoms with Crippen molar-refractivity contribution in [2.75, 3.05) is 46.3 Å². The Bertz CT molecular complexity index is 274. The SMILES string of the molecule is CNCC1CCN(CC(=O)N2CCC(C)C2)CC1. The van der Waals surface area contributed by atoms with Crippen molar-refractivity contribution in [1.82, 2.24) is 15.1 Å². The van der Waals surface area contributed by atoms with E-state index in [1.807, 2.05) is 11.9 Å². The van der Waals surface area contributed by atoms with E-state index in [1.165, 1.54) is 19.3 Å². The first-order chi connectivity index (χ1) is 8.69. The largest absolute Gasteiger partial charge is 0.341 e. The Labute approximate surface area is 111 Å². The first-order valence-electron chi connectivity index (χ1n) is 7.33. The van der Waals surface area contributed by atoms with E-state index in [0.717, 1.165) is 38.6 Å². The van der Waals surface area contributed by atoms with Gasteiger partial charge in [0.05, 0.1) is 6.54 Å². The zero-order chi connectivity index (χ0) is 13.0. The summed E-state index contributed by atoms with van der Waals surface area (Å²) in [5.74, 6) is 1.83. The lowest BCUT2D eigenvalue weighted by molar-refractivity contribution is -0.131. The minimum Gasteiger partial charge on any atom is -0.341 e. The van der Waals surface area contributed by atoms with Crippen molar-refractivity contribution >= 4 is 5.91 Å². The smallest absolute Gasteiger partial charge is 0.236 e. The highest BCUT2D eigenvalue weighted by atomic mass is 16.2. The number of piperidine rings is 1. The normalized spacial score (nSPS) is 26.8. The van der Waals surface area contributed by atoms with Crippen LogP contribution in [0.15, 0.2) is 0 Å². The van der Waals surface area contributed by atoms with Crippen LogP contribution in [0.5, 0.6) is 0 Å². The lowest BCUT2D eigenvalue weighted by Crippen LogP contribution is -2.43. The highest BCUT2D eigenvalue weighted by molar-refractivity contribution is 5.78. The molecule has 0 aromatic rings. The van der Waals surface area contributed by atoms with Crippen LogP contribution in [0.25, 0.3) is 0 Å². The van der Waals surface area contributed by atoms with Gasteiger partial charge in [0.1, 0.15) is 0 Å². The monoisotopic (exact) mass is 253 g/mol. The number of carbonyl (C=O) groups is 1. The summed E-state index contributed by atoms with van der Waals surface area (Å²) < 4.78 is 0. The van der Waals surface area contributed by atoms with Crippen molar-refractivity contribution in [2.45, 2.75) is 26.2 Å². The van der Waals surface area contributed by atoms with Crippen molar-refractivity contribution in [3.63, 3.8) is 0 Å². The van der Waals surface area contributed by atoms with Crippen molar-refractivity contribution < 1.29 is 4.79 Å². The summed E-state index contributed by atoms with van der Waals surface area (Å²) in [5.41, 5.74) is 0. The fraction of sp³-hybridized carbons (Fsp3) is 0.929. The van der Waals surface area contributed by atoms with Gasteiger partial charge < -0.3 is 10.2 Å². The lowest BCUT2D eigenvalue weighted by atomic mass is 9.97. The van der Waals surface area contributed by atoms with Gasteiger partial charge >= 0.3 is 0 Å². The quantitative estimate of drug-likeness (QED) is 0.804. The van der Waals surface area contributed by atoms with Crippen LogP contribution in [0.1, 0.15) is 26.2 Å². The van der Waals surface area contributed by atoms with Gasteiger partial charge in [0.15, 0.2) is 0 Å². The molecular formula is C14H27N3O. The van der Waals surface area contributed by atoms with Crippen LogP contribution in [-0.4, -0.2) is 62.0 Å². The van der Waals surface area contributed by atoms with E-state index in [9.17, 15) is 4.79 Å². The van der Waals surface area contributed by atoms with E-state index < -0.39 is 0 Å². The zero-order valence-corrected chi connectivity index (χ0v) is 11.8. The third kappa shape index (κ3) is 3.69. The Morgan fingerprint density at radius 3 is 2.50 bits per heavy atom. The predicted molar refractivity (Wildman–Crippen MR) is 73.5 cm³/mol. The Morgan fingerprint density at radius 2 is 1.94 bits per heavy atom. The van der Waals surface area contributed by atoms with Crippen LogP contribution in [-0.2, 0) is 4.79 Å².